The van der Waals surface area contributed by atoms with Crippen LogP contribution >= 0.6 is 0 Å². The smallest absolute Gasteiger partial charge is 0.0402 e. The highest BCUT2D eigenvalue weighted by molar-refractivity contribution is 4.66. The first-order chi connectivity index (χ1) is 7.35. The zero-order chi connectivity index (χ0) is 11.4. The van der Waals surface area contributed by atoms with Gasteiger partial charge in [0, 0.05) is 32.8 Å². The number of piperazine rings is 1. The van der Waals surface area contributed by atoms with Crippen molar-refractivity contribution in [3.05, 3.63) is 0 Å². The summed E-state index contributed by atoms with van der Waals surface area (Å²) in [6.45, 7) is 10.4. The molecule has 3 heteroatoms. The highest BCUT2D eigenvalue weighted by Gasteiger charge is 2.07. The van der Waals surface area contributed by atoms with E-state index in [4.69, 9.17) is 5.11 Å². The average molecular weight is 216 g/mol. The SMILES string of the molecule is CCCCCCN1CCNCC1.CCO. The van der Waals surface area contributed by atoms with Crippen molar-refractivity contribution in [3.8, 4) is 0 Å². The maximum atomic E-state index is 7.57. The van der Waals surface area contributed by atoms with Crippen molar-refractivity contribution in [2.24, 2.45) is 0 Å². The van der Waals surface area contributed by atoms with Crippen molar-refractivity contribution >= 4 is 0 Å². The van der Waals surface area contributed by atoms with Gasteiger partial charge in [0.1, 0.15) is 0 Å². The summed E-state index contributed by atoms with van der Waals surface area (Å²) in [5.74, 6) is 0. The lowest BCUT2D eigenvalue weighted by atomic mass is 10.2. The summed E-state index contributed by atoms with van der Waals surface area (Å²) in [7, 11) is 0. The first-order valence-electron chi connectivity index (χ1n) is 6.39. The number of unbranched alkanes of at least 4 members (excludes halogenated alkanes) is 3. The van der Waals surface area contributed by atoms with Gasteiger partial charge in [0.25, 0.3) is 0 Å². The van der Waals surface area contributed by atoms with Gasteiger partial charge in [-0.1, -0.05) is 26.2 Å². The number of nitrogens with one attached hydrogen (secondary N) is 1. The molecule has 1 rings (SSSR count). The Hall–Kier alpha value is -0.120. The zero-order valence-electron chi connectivity index (χ0n) is 10.5. The fourth-order valence-electron chi connectivity index (χ4n) is 1.70. The van der Waals surface area contributed by atoms with Crippen molar-refractivity contribution in [1.29, 1.82) is 0 Å². The first kappa shape index (κ1) is 14.9. The summed E-state index contributed by atoms with van der Waals surface area (Å²) in [5, 5.41) is 10.9. The summed E-state index contributed by atoms with van der Waals surface area (Å²) in [5.41, 5.74) is 0. The Labute approximate surface area is 94.9 Å². The van der Waals surface area contributed by atoms with Gasteiger partial charge in [-0.3, -0.25) is 0 Å². The van der Waals surface area contributed by atoms with Gasteiger partial charge in [0.05, 0.1) is 0 Å². The van der Waals surface area contributed by atoms with Crippen LogP contribution < -0.4 is 5.32 Å². The molecular formula is C12H28N2O. The van der Waals surface area contributed by atoms with E-state index in [1.165, 1.54) is 58.4 Å². The quantitative estimate of drug-likeness (QED) is 0.683. The Morgan fingerprint density at radius 3 is 2.20 bits per heavy atom. The molecule has 0 amide bonds. The van der Waals surface area contributed by atoms with Crippen LogP contribution in [0.2, 0.25) is 0 Å². The average Bonchev–Trinajstić information content (AvgIpc) is 2.27. The minimum Gasteiger partial charge on any atom is -0.397 e. The second kappa shape index (κ2) is 12.0. The second-order valence-electron chi connectivity index (χ2n) is 3.97. The van der Waals surface area contributed by atoms with Crippen LogP contribution in [0.3, 0.4) is 0 Å². The van der Waals surface area contributed by atoms with Gasteiger partial charge in [-0.25, -0.2) is 0 Å². The third kappa shape index (κ3) is 10.2. The summed E-state index contributed by atoms with van der Waals surface area (Å²) in [4.78, 5) is 2.58. The third-order valence-corrected chi connectivity index (χ3v) is 2.54. The lowest BCUT2D eigenvalue weighted by Gasteiger charge is -2.26. The highest BCUT2D eigenvalue weighted by Crippen LogP contribution is 2.01. The topological polar surface area (TPSA) is 35.5 Å². The molecule has 3 nitrogen and oxygen atoms in total. The summed E-state index contributed by atoms with van der Waals surface area (Å²) in [6, 6.07) is 0. The molecule has 0 bridgehead atoms. The van der Waals surface area contributed by atoms with E-state index in [0.29, 0.717) is 0 Å². The van der Waals surface area contributed by atoms with Crippen molar-refractivity contribution < 1.29 is 5.11 Å². The van der Waals surface area contributed by atoms with Crippen molar-refractivity contribution in [2.45, 2.75) is 39.5 Å². The first-order valence-corrected chi connectivity index (χ1v) is 6.39. The van der Waals surface area contributed by atoms with Crippen LogP contribution in [-0.2, 0) is 0 Å². The number of hydrogen-bond acceptors (Lipinski definition) is 3. The van der Waals surface area contributed by atoms with Gasteiger partial charge in [-0.05, 0) is 19.9 Å². The zero-order valence-corrected chi connectivity index (χ0v) is 10.5. The standard InChI is InChI=1S/C10H22N2.C2H6O/c1-2-3-4-5-8-12-9-6-11-7-10-12;1-2-3/h11H,2-10H2,1H3;3H,2H2,1H3. The van der Waals surface area contributed by atoms with E-state index in [1.54, 1.807) is 6.92 Å². The van der Waals surface area contributed by atoms with Crippen LogP contribution in [0.25, 0.3) is 0 Å². The van der Waals surface area contributed by atoms with Crippen LogP contribution in [0.5, 0.6) is 0 Å². The van der Waals surface area contributed by atoms with Gasteiger partial charge in [-0.15, -0.1) is 0 Å². The molecule has 1 saturated heterocycles. The number of nitrogens with zero attached hydrogens (tertiary/aromatic N) is 1. The largest absolute Gasteiger partial charge is 0.397 e. The lowest BCUT2D eigenvalue weighted by molar-refractivity contribution is 0.236. The molecule has 0 aromatic rings. The predicted octanol–water partition coefficient (Wildman–Crippen LogP) is 1.47. The fraction of sp³-hybridized carbons (Fsp3) is 1.00. The summed E-state index contributed by atoms with van der Waals surface area (Å²) < 4.78 is 0. The Morgan fingerprint density at radius 1 is 1.07 bits per heavy atom. The molecule has 0 aromatic heterocycles. The highest BCUT2D eigenvalue weighted by atomic mass is 16.2. The third-order valence-electron chi connectivity index (χ3n) is 2.54. The molecule has 0 aromatic carbocycles. The molecule has 0 spiro atoms. The molecule has 92 valence electrons. The van der Waals surface area contributed by atoms with Gasteiger partial charge < -0.3 is 15.3 Å². The Balaban J connectivity index is 0.000000583. The van der Waals surface area contributed by atoms with E-state index in [-0.39, 0.29) is 6.61 Å². The Morgan fingerprint density at radius 2 is 1.67 bits per heavy atom. The van der Waals surface area contributed by atoms with E-state index in [0.717, 1.165) is 0 Å². The van der Waals surface area contributed by atoms with Gasteiger partial charge in [-0.2, -0.15) is 0 Å². The van der Waals surface area contributed by atoms with E-state index in [2.05, 4.69) is 17.1 Å². The van der Waals surface area contributed by atoms with E-state index in [1.807, 2.05) is 0 Å². The molecule has 0 atom stereocenters. The van der Waals surface area contributed by atoms with Crippen LogP contribution in [0.15, 0.2) is 0 Å². The molecule has 1 heterocycles. The Bertz CT molecular complexity index is 114. The van der Waals surface area contributed by atoms with Gasteiger partial charge in [0.2, 0.25) is 0 Å². The maximum Gasteiger partial charge on any atom is 0.0402 e. The number of hydrogen-bond donors (Lipinski definition) is 2. The summed E-state index contributed by atoms with van der Waals surface area (Å²) in [6.07, 6.45) is 5.57. The maximum absolute atomic E-state index is 7.57. The van der Waals surface area contributed by atoms with Crippen molar-refractivity contribution in [2.75, 3.05) is 39.3 Å². The minimum absolute atomic E-state index is 0.250. The van der Waals surface area contributed by atoms with Crippen molar-refractivity contribution in [3.63, 3.8) is 0 Å². The van der Waals surface area contributed by atoms with Gasteiger partial charge >= 0.3 is 0 Å². The molecule has 0 unspecified atom stereocenters. The lowest BCUT2D eigenvalue weighted by Crippen LogP contribution is -2.43. The van der Waals surface area contributed by atoms with Crippen molar-refractivity contribution in [1.82, 2.24) is 10.2 Å². The molecule has 1 aliphatic rings. The molecule has 2 N–H and O–H groups in total. The number of aliphatic hydroxyl groups is 1. The van der Waals surface area contributed by atoms with Crippen LogP contribution in [0, 0.1) is 0 Å². The molecule has 0 aliphatic carbocycles. The normalized spacial score (nSPS) is 17.0. The molecular weight excluding hydrogens is 188 g/mol. The minimum atomic E-state index is 0.250. The van der Waals surface area contributed by atoms with Crippen LogP contribution in [-0.4, -0.2) is 49.3 Å². The Kier molecular flexibility index (Phi) is 11.9. The second-order valence-corrected chi connectivity index (χ2v) is 3.97. The predicted molar refractivity (Wildman–Crippen MR) is 66.2 cm³/mol. The monoisotopic (exact) mass is 216 g/mol. The molecule has 1 fully saturated rings. The molecule has 0 radical (unpaired) electrons. The number of aliphatic hydroxyl groups excluding tert-OH is 1. The molecule has 15 heavy (non-hydrogen) atoms. The van der Waals surface area contributed by atoms with E-state index < -0.39 is 0 Å². The van der Waals surface area contributed by atoms with Gasteiger partial charge in [0.15, 0.2) is 0 Å². The fourth-order valence-corrected chi connectivity index (χ4v) is 1.70. The molecule has 0 saturated carbocycles. The molecule has 1 aliphatic heterocycles. The number of rotatable bonds is 5. The summed E-state index contributed by atoms with van der Waals surface area (Å²) >= 11 is 0. The van der Waals surface area contributed by atoms with Crippen LogP contribution in [0.1, 0.15) is 39.5 Å². The van der Waals surface area contributed by atoms with E-state index in [9.17, 15) is 0 Å². The van der Waals surface area contributed by atoms with E-state index >= 15 is 0 Å². The van der Waals surface area contributed by atoms with Crippen LogP contribution in [0.4, 0.5) is 0 Å².